The van der Waals surface area contributed by atoms with E-state index in [-0.39, 0.29) is 0 Å². The third kappa shape index (κ3) is 2.74. The minimum Gasteiger partial charge on any atom is -0.480 e. The first-order valence-electron chi connectivity index (χ1n) is 7.07. The number of carbonyl (C=O) groups excluding carboxylic acids is 1. The molecule has 0 aliphatic rings. The summed E-state index contributed by atoms with van der Waals surface area (Å²) in [6, 6.07) is 3.00. The molecule has 0 aliphatic heterocycles. The van der Waals surface area contributed by atoms with Crippen LogP contribution in [0.1, 0.15) is 35.1 Å². The Morgan fingerprint density at radius 2 is 1.91 bits per heavy atom. The van der Waals surface area contributed by atoms with Crippen LogP contribution in [0.4, 0.5) is 0 Å². The van der Waals surface area contributed by atoms with Gasteiger partial charge >= 0.3 is 5.97 Å². The molecule has 22 heavy (non-hydrogen) atoms. The summed E-state index contributed by atoms with van der Waals surface area (Å²) in [6.07, 6.45) is 1.77. The van der Waals surface area contributed by atoms with E-state index < -0.39 is 17.9 Å². The van der Waals surface area contributed by atoms with Gasteiger partial charge in [0.2, 0.25) is 0 Å². The second-order valence-electron chi connectivity index (χ2n) is 5.23. The van der Waals surface area contributed by atoms with E-state index in [9.17, 15) is 9.59 Å². The van der Waals surface area contributed by atoms with Gasteiger partial charge in [0.1, 0.15) is 17.4 Å². The molecule has 0 saturated carbocycles. The van der Waals surface area contributed by atoms with Crippen molar-refractivity contribution in [2.75, 3.05) is 0 Å². The molecule has 2 heterocycles. The van der Waals surface area contributed by atoms with Crippen molar-refractivity contribution in [3.8, 4) is 5.82 Å². The van der Waals surface area contributed by atoms with Crippen molar-refractivity contribution in [1.82, 2.24) is 19.7 Å². The summed E-state index contributed by atoms with van der Waals surface area (Å²) in [5.41, 5.74) is 2.30. The highest BCUT2D eigenvalue weighted by atomic mass is 16.4. The summed E-state index contributed by atoms with van der Waals surface area (Å²) in [6.45, 7) is 5.59. The van der Waals surface area contributed by atoms with Crippen LogP contribution in [0.3, 0.4) is 0 Å². The largest absolute Gasteiger partial charge is 0.480 e. The number of hydrogen-bond acceptors (Lipinski definition) is 3. The summed E-state index contributed by atoms with van der Waals surface area (Å²) < 4.78 is 3.53. The van der Waals surface area contributed by atoms with Crippen LogP contribution >= 0.6 is 0 Å². The maximum Gasteiger partial charge on any atom is 0.326 e. The van der Waals surface area contributed by atoms with Gasteiger partial charge in [0.15, 0.2) is 0 Å². The number of carboxylic acids is 1. The smallest absolute Gasteiger partial charge is 0.326 e. The van der Waals surface area contributed by atoms with Crippen LogP contribution in [0, 0.1) is 13.8 Å². The summed E-state index contributed by atoms with van der Waals surface area (Å²) in [5, 5.41) is 15.7. The molecule has 0 saturated heterocycles. The Labute approximate surface area is 128 Å². The summed E-state index contributed by atoms with van der Waals surface area (Å²) in [7, 11) is 1.75. The quantitative estimate of drug-likeness (QED) is 0.874. The van der Waals surface area contributed by atoms with Gasteiger partial charge in [0, 0.05) is 18.4 Å². The Balaban J connectivity index is 2.42. The fourth-order valence-electron chi connectivity index (χ4n) is 2.43. The second kappa shape index (κ2) is 6.05. The number of rotatable bonds is 5. The average molecular weight is 304 g/mol. The van der Waals surface area contributed by atoms with E-state index in [0.717, 1.165) is 11.4 Å². The van der Waals surface area contributed by atoms with E-state index in [2.05, 4.69) is 10.4 Å². The van der Waals surface area contributed by atoms with Crippen molar-refractivity contribution >= 4 is 11.9 Å². The minimum atomic E-state index is -1.05. The standard InChI is InChI=1S/C15H20N4O3/c1-5-12(15(21)22)17-13(20)11-8-16-18(4)14(11)19-9(2)6-7-10(19)3/h6-8,12H,5H2,1-4H3,(H,17,20)(H,21,22). The minimum absolute atomic E-state index is 0.318. The third-order valence-electron chi connectivity index (χ3n) is 3.65. The molecule has 1 unspecified atom stereocenters. The maximum absolute atomic E-state index is 12.4. The molecule has 2 aromatic rings. The van der Waals surface area contributed by atoms with Gasteiger partial charge in [0.25, 0.3) is 5.91 Å². The van der Waals surface area contributed by atoms with Crippen molar-refractivity contribution in [2.45, 2.75) is 33.2 Å². The topological polar surface area (TPSA) is 89.2 Å². The fourth-order valence-corrected chi connectivity index (χ4v) is 2.43. The lowest BCUT2D eigenvalue weighted by Gasteiger charge is -2.15. The molecule has 7 nitrogen and oxygen atoms in total. The normalized spacial score (nSPS) is 12.2. The Morgan fingerprint density at radius 3 is 2.41 bits per heavy atom. The first kappa shape index (κ1) is 15.8. The SMILES string of the molecule is CCC(NC(=O)c1cnn(C)c1-n1c(C)ccc1C)C(=O)O. The molecule has 0 radical (unpaired) electrons. The highest BCUT2D eigenvalue weighted by molar-refractivity contribution is 5.99. The highest BCUT2D eigenvalue weighted by Crippen LogP contribution is 2.20. The fraction of sp³-hybridized carbons (Fsp3) is 0.400. The number of amides is 1. The molecule has 2 N–H and O–H groups in total. The molecule has 0 bridgehead atoms. The first-order valence-corrected chi connectivity index (χ1v) is 7.07. The molecule has 1 amide bonds. The van der Waals surface area contributed by atoms with Crippen LogP contribution in [0.25, 0.3) is 5.82 Å². The number of aryl methyl sites for hydroxylation is 3. The van der Waals surface area contributed by atoms with Crippen LogP contribution < -0.4 is 5.32 Å². The Morgan fingerprint density at radius 1 is 1.32 bits per heavy atom. The van der Waals surface area contributed by atoms with Crippen LogP contribution in [-0.2, 0) is 11.8 Å². The molecule has 0 fully saturated rings. The molecular formula is C15H20N4O3. The number of carbonyl (C=O) groups is 2. The van der Waals surface area contributed by atoms with Crippen molar-refractivity contribution in [2.24, 2.45) is 7.05 Å². The van der Waals surface area contributed by atoms with Gasteiger partial charge < -0.3 is 15.0 Å². The average Bonchev–Trinajstić information content (AvgIpc) is 2.98. The Hall–Kier alpha value is -2.57. The second-order valence-corrected chi connectivity index (χ2v) is 5.23. The lowest BCUT2D eigenvalue weighted by molar-refractivity contribution is -0.139. The number of nitrogens with zero attached hydrogens (tertiary/aromatic N) is 3. The van der Waals surface area contributed by atoms with E-state index in [0.29, 0.717) is 17.8 Å². The lowest BCUT2D eigenvalue weighted by atomic mass is 10.2. The molecule has 0 aromatic carbocycles. The van der Waals surface area contributed by atoms with E-state index >= 15 is 0 Å². The summed E-state index contributed by atoms with van der Waals surface area (Å²) >= 11 is 0. The van der Waals surface area contributed by atoms with E-state index in [4.69, 9.17) is 5.11 Å². The van der Waals surface area contributed by atoms with Crippen LogP contribution in [0.15, 0.2) is 18.3 Å². The number of hydrogen-bond donors (Lipinski definition) is 2. The molecule has 0 spiro atoms. The van der Waals surface area contributed by atoms with Gasteiger partial charge in [-0.25, -0.2) is 4.79 Å². The summed E-state index contributed by atoms with van der Waals surface area (Å²) in [5.74, 6) is -0.864. The van der Waals surface area contributed by atoms with Gasteiger partial charge in [-0.3, -0.25) is 9.48 Å². The van der Waals surface area contributed by atoms with Crippen molar-refractivity contribution in [3.05, 3.63) is 35.3 Å². The predicted octanol–water partition coefficient (Wildman–Crippen LogP) is 1.42. The Kier molecular flexibility index (Phi) is 4.35. The predicted molar refractivity (Wildman–Crippen MR) is 81.2 cm³/mol. The van der Waals surface area contributed by atoms with Crippen LogP contribution in [0.5, 0.6) is 0 Å². The van der Waals surface area contributed by atoms with Gasteiger partial charge in [-0.05, 0) is 32.4 Å². The number of nitrogens with one attached hydrogen (secondary N) is 1. The molecule has 7 heteroatoms. The van der Waals surface area contributed by atoms with Crippen LogP contribution in [0.2, 0.25) is 0 Å². The molecular weight excluding hydrogens is 284 g/mol. The Bertz CT molecular complexity index is 695. The molecule has 118 valence electrons. The van der Waals surface area contributed by atoms with Crippen molar-refractivity contribution in [3.63, 3.8) is 0 Å². The monoisotopic (exact) mass is 304 g/mol. The zero-order valence-corrected chi connectivity index (χ0v) is 13.1. The van der Waals surface area contributed by atoms with Crippen LogP contribution in [-0.4, -0.2) is 37.4 Å². The first-order chi connectivity index (χ1) is 10.4. The van der Waals surface area contributed by atoms with E-state index in [1.54, 1.807) is 18.7 Å². The molecule has 2 aromatic heterocycles. The van der Waals surface area contributed by atoms with E-state index in [1.165, 1.54) is 6.20 Å². The third-order valence-corrected chi connectivity index (χ3v) is 3.65. The van der Waals surface area contributed by atoms with Gasteiger partial charge in [-0.15, -0.1) is 0 Å². The van der Waals surface area contributed by atoms with Gasteiger partial charge in [-0.1, -0.05) is 6.92 Å². The zero-order valence-electron chi connectivity index (χ0n) is 13.1. The number of aromatic nitrogens is 3. The maximum atomic E-state index is 12.4. The summed E-state index contributed by atoms with van der Waals surface area (Å²) in [4.78, 5) is 23.5. The van der Waals surface area contributed by atoms with Crippen molar-refractivity contribution in [1.29, 1.82) is 0 Å². The van der Waals surface area contributed by atoms with Gasteiger partial charge in [0.05, 0.1) is 6.20 Å². The highest BCUT2D eigenvalue weighted by Gasteiger charge is 2.24. The van der Waals surface area contributed by atoms with Crippen molar-refractivity contribution < 1.29 is 14.7 Å². The molecule has 1 atom stereocenters. The molecule has 2 rings (SSSR count). The van der Waals surface area contributed by atoms with Gasteiger partial charge in [-0.2, -0.15) is 5.10 Å². The van der Waals surface area contributed by atoms with E-state index in [1.807, 2.05) is 30.5 Å². The zero-order chi connectivity index (χ0) is 16.4. The number of aliphatic carboxylic acids is 1. The lowest BCUT2D eigenvalue weighted by Crippen LogP contribution is -2.40. The number of carboxylic acid groups (broad SMARTS) is 1. The molecule has 0 aliphatic carbocycles.